The minimum absolute atomic E-state index is 0.00833. The van der Waals surface area contributed by atoms with E-state index >= 15 is 0 Å². The van der Waals surface area contributed by atoms with Gasteiger partial charge in [-0.3, -0.25) is 15.0 Å². The fraction of sp³-hybridized carbons (Fsp3) is 0.500. The average Bonchev–Trinajstić information content (AvgIpc) is 2.83. The number of piperazine rings is 1. The van der Waals surface area contributed by atoms with Crippen molar-refractivity contribution in [2.75, 3.05) is 50.7 Å². The third kappa shape index (κ3) is 5.54. The van der Waals surface area contributed by atoms with Crippen molar-refractivity contribution in [3.05, 3.63) is 64.2 Å². The number of piperidine rings is 1. The summed E-state index contributed by atoms with van der Waals surface area (Å²) in [7, 11) is -3.73. The zero-order valence-corrected chi connectivity index (χ0v) is 19.9. The second kappa shape index (κ2) is 10.2. The van der Waals surface area contributed by atoms with Gasteiger partial charge in [-0.1, -0.05) is 37.3 Å². The molecular formula is C24H32N4O4S. The Kier molecular flexibility index (Phi) is 7.31. The van der Waals surface area contributed by atoms with Crippen LogP contribution < -0.4 is 4.90 Å². The number of benzene rings is 2. The molecule has 2 aromatic carbocycles. The van der Waals surface area contributed by atoms with E-state index in [-0.39, 0.29) is 10.6 Å². The van der Waals surface area contributed by atoms with Crippen molar-refractivity contribution in [1.82, 2.24) is 9.21 Å². The fourth-order valence-electron chi connectivity index (χ4n) is 4.60. The fourth-order valence-corrected chi connectivity index (χ4v) is 6.09. The SMILES string of the molecule is CC1CCN(S(=O)(=O)c2ccc(N3CCN(CCc4ccccc4)CC3)c([N+](=O)[O-])c2)CC1. The van der Waals surface area contributed by atoms with Crippen LogP contribution >= 0.6 is 0 Å². The van der Waals surface area contributed by atoms with Crippen molar-refractivity contribution in [2.45, 2.75) is 31.1 Å². The van der Waals surface area contributed by atoms with Crippen molar-refractivity contribution in [2.24, 2.45) is 5.92 Å². The number of nitrogens with zero attached hydrogens (tertiary/aromatic N) is 4. The van der Waals surface area contributed by atoms with Gasteiger partial charge in [0, 0.05) is 51.9 Å². The van der Waals surface area contributed by atoms with Crippen LogP contribution in [0.3, 0.4) is 0 Å². The molecule has 2 heterocycles. The third-order valence-electron chi connectivity index (χ3n) is 6.80. The molecule has 0 radical (unpaired) electrons. The molecule has 0 saturated carbocycles. The zero-order valence-electron chi connectivity index (χ0n) is 19.1. The molecule has 8 nitrogen and oxygen atoms in total. The van der Waals surface area contributed by atoms with E-state index in [1.54, 1.807) is 6.07 Å². The second-order valence-electron chi connectivity index (χ2n) is 9.06. The van der Waals surface area contributed by atoms with Gasteiger partial charge < -0.3 is 4.90 Å². The van der Waals surface area contributed by atoms with E-state index in [4.69, 9.17) is 0 Å². The monoisotopic (exact) mass is 472 g/mol. The van der Waals surface area contributed by atoms with Crippen LogP contribution in [0.4, 0.5) is 11.4 Å². The van der Waals surface area contributed by atoms with Gasteiger partial charge in [-0.2, -0.15) is 4.31 Å². The zero-order chi connectivity index (χ0) is 23.4. The van der Waals surface area contributed by atoms with Crippen molar-refractivity contribution < 1.29 is 13.3 Å². The molecule has 2 aromatic rings. The summed E-state index contributed by atoms with van der Waals surface area (Å²) in [6, 6.07) is 14.7. The topological polar surface area (TPSA) is 87.0 Å². The molecule has 0 amide bonds. The Morgan fingerprint density at radius 3 is 2.27 bits per heavy atom. The molecule has 2 fully saturated rings. The first-order chi connectivity index (χ1) is 15.8. The Bertz CT molecular complexity index is 1060. The molecule has 178 valence electrons. The first-order valence-electron chi connectivity index (χ1n) is 11.6. The number of anilines is 1. The van der Waals surface area contributed by atoms with E-state index in [1.165, 1.54) is 22.0 Å². The standard InChI is InChI=1S/C24H32N4O4S/c1-20-9-13-27(14-10-20)33(31,32)22-7-8-23(24(19-22)28(29)30)26-17-15-25(16-18-26)12-11-21-5-3-2-4-6-21/h2-8,19-20H,9-18H2,1H3. The predicted octanol–water partition coefficient (Wildman–Crippen LogP) is 3.38. The number of nitro groups is 1. The molecule has 0 N–H and O–H groups in total. The normalized spacial score (nSPS) is 19.0. The van der Waals surface area contributed by atoms with Crippen molar-refractivity contribution in [3.63, 3.8) is 0 Å². The molecular weight excluding hydrogens is 440 g/mol. The van der Waals surface area contributed by atoms with E-state index in [9.17, 15) is 18.5 Å². The quantitative estimate of drug-likeness (QED) is 0.454. The van der Waals surface area contributed by atoms with Crippen LogP contribution in [0.1, 0.15) is 25.3 Å². The van der Waals surface area contributed by atoms with E-state index in [0.29, 0.717) is 37.8 Å². The molecule has 2 aliphatic heterocycles. The summed E-state index contributed by atoms with van der Waals surface area (Å²) < 4.78 is 27.6. The minimum Gasteiger partial charge on any atom is -0.363 e. The van der Waals surface area contributed by atoms with E-state index in [2.05, 4.69) is 24.0 Å². The van der Waals surface area contributed by atoms with E-state index < -0.39 is 14.9 Å². The molecule has 0 atom stereocenters. The van der Waals surface area contributed by atoms with Gasteiger partial charge in [0.25, 0.3) is 5.69 Å². The molecule has 33 heavy (non-hydrogen) atoms. The highest BCUT2D eigenvalue weighted by Crippen LogP contribution is 2.33. The Morgan fingerprint density at radius 1 is 0.970 bits per heavy atom. The highest BCUT2D eigenvalue weighted by molar-refractivity contribution is 7.89. The molecule has 0 unspecified atom stereocenters. The lowest BCUT2D eigenvalue weighted by atomic mass is 10.0. The third-order valence-corrected chi connectivity index (χ3v) is 8.69. The van der Waals surface area contributed by atoms with Gasteiger partial charge in [0.1, 0.15) is 5.69 Å². The highest BCUT2D eigenvalue weighted by Gasteiger charge is 2.31. The van der Waals surface area contributed by atoms with Crippen LogP contribution in [-0.4, -0.2) is 68.4 Å². The maximum atomic E-state index is 13.1. The summed E-state index contributed by atoms with van der Waals surface area (Å²) in [5.74, 6) is 0.500. The summed E-state index contributed by atoms with van der Waals surface area (Å²) in [6.45, 7) is 6.97. The summed E-state index contributed by atoms with van der Waals surface area (Å²) in [5, 5.41) is 11.8. The summed E-state index contributed by atoms with van der Waals surface area (Å²) >= 11 is 0. The molecule has 4 rings (SSSR count). The highest BCUT2D eigenvalue weighted by atomic mass is 32.2. The maximum absolute atomic E-state index is 13.1. The summed E-state index contributed by atoms with van der Waals surface area (Å²) in [5.41, 5.74) is 1.66. The summed E-state index contributed by atoms with van der Waals surface area (Å²) in [4.78, 5) is 15.8. The lowest BCUT2D eigenvalue weighted by molar-refractivity contribution is -0.384. The van der Waals surface area contributed by atoms with Gasteiger partial charge in [-0.25, -0.2) is 8.42 Å². The average molecular weight is 473 g/mol. The number of sulfonamides is 1. The lowest BCUT2D eigenvalue weighted by Crippen LogP contribution is -2.47. The molecule has 0 aromatic heterocycles. The molecule has 9 heteroatoms. The predicted molar refractivity (Wildman–Crippen MR) is 129 cm³/mol. The van der Waals surface area contributed by atoms with Crippen LogP contribution in [-0.2, 0) is 16.4 Å². The van der Waals surface area contributed by atoms with Crippen molar-refractivity contribution in [3.8, 4) is 0 Å². The van der Waals surface area contributed by atoms with Crippen LogP contribution in [0, 0.1) is 16.0 Å². The van der Waals surface area contributed by atoms with E-state index in [0.717, 1.165) is 38.9 Å². The van der Waals surface area contributed by atoms with Gasteiger partial charge in [0.2, 0.25) is 10.0 Å². The van der Waals surface area contributed by atoms with Crippen molar-refractivity contribution in [1.29, 1.82) is 0 Å². The lowest BCUT2D eigenvalue weighted by Gasteiger charge is -2.36. The Hall–Kier alpha value is -2.49. The minimum atomic E-state index is -3.73. The number of hydrogen-bond donors (Lipinski definition) is 0. The van der Waals surface area contributed by atoms with Crippen molar-refractivity contribution >= 4 is 21.4 Å². The maximum Gasteiger partial charge on any atom is 0.293 e. The Balaban J connectivity index is 1.43. The van der Waals surface area contributed by atoms with Gasteiger partial charge in [-0.15, -0.1) is 0 Å². The van der Waals surface area contributed by atoms with Crippen LogP contribution in [0.5, 0.6) is 0 Å². The van der Waals surface area contributed by atoms with Crippen LogP contribution in [0.15, 0.2) is 53.4 Å². The number of rotatable bonds is 7. The number of nitro benzene ring substituents is 1. The number of hydrogen-bond acceptors (Lipinski definition) is 6. The van der Waals surface area contributed by atoms with Crippen LogP contribution in [0.2, 0.25) is 0 Å². The largest absolute Gasteiger partial charge is 0.363 e. The van der Waals surface area contributed by atoms with Crippen LogP contribution in [0.25, 0.3) is 0 Å². The molecule has 0 spiro atoms. The Labute approximate surface area is 196 Å². The van der Waals surface area contributed by atoms with Gasteiger partial charge >= 0.3 is 0 Å². The molecule has 0 bridgehead atoms. The first-order valence-corrected chi connectivity index (χ1v) is 13.1. The van der Waals surface area contributed by atoms with Gasteiger partial charge in [0.05, 0.1) is 9.82 Å². The first kappa shape index (κ1) is 23.7. The molecule has 0 aliphatic carbocycles. The van der Waals surface area contributed by atoms with Gasteiger partial charge in [0.15, 0.2) is 0 Å². The second-order valence-corrected chi connectivity index (χ2v) is 11.0. The molecule has 2 saturated heterocycles. The van der Waals surface area contributed by atoms with Gasteiger partial charge in [-0.05, 0) is 42.9 Å². The summed E-state index contributed by atoms with van der Waals surface area (Å²) in [6.07, 6.45) is 2.60. The Morgan fingerprint density at radius 2 is 1.64 bits per heavy atom. The van der Waals surface area contributed by atoms with E-state index in [1.807, 2.05) is 23.1 Å². The molecule has 2 aliphatic rings. The smallest absolute Gasteiger partial charge is 0.293 e.